The van der Waals surface area contributed by atoms with E-state index >= 15 is 0 Å². The topological polar surface area (TPSA) is 30.0 Å². The average Bonchev–Trinajstić information content (AvgIpc) is 2.57. The van der Waals surface area contributed by atoms with E-state index in [2.05, 4.69) is 26.0 Å². The van der Waals surface area contributed by atoms with E-state index < -0.39 is 0 Å². The molecule has 0 aromatic carbocycles. The van der Waals surface area contributed by atoms with Gasteiger partial charge in [-0.2, -0.15) is 0 Å². The molecule has 1 aromatic rings. The van der Waals surface area contributed by atoms with Crippen LogP contribution in [-0.2, 0) is 0 Å². The number of Topliss-reactive ketones (excluding diaryl/α,β-unsaturated/α-hetero) is 1. The molecule has 0 aliphatic rings. The van der Waals surface area contributed by atoms with Gasteiger partial charge < -0.3 is 21.5 Å². The third-order valence-electron chi connectivity index (χ3n) is 4.64. The second-order valence-corrected chi connectivity index (χ2v) is 7.64. The molecular weight excluding hydrogens is 376 g/mol. The van der Waals surface area contributed by atoms with E-state index in [0.29, 0.717) is 12.2 Å². The lowest BCUT2D eigenvalue weighted by atomic mass is 10.1. The number of ketones is 1. The van der Waals surface area contributed by atoms with Crippen molar-refractivity contribution >= 4 is 5.78 Å². The van der Waals surface area contributed by atoms with Crippen LogP contribution in [0.3, 0.4) is 0 Å². The molecule has 0 amide bonds. The molecule has 0 radical (unpaired) electrons. The second-order valence-electron chi connectivity index (χ2n) is 7.64. The van der Waals surface area contributed by atoms with Gasteiger partial charge in [0.05, 0.1) is 20.6 Å². The molecule has 0 spiro atoms. The maximum atomic E-state index is 12.3. The van der Waals surface area contributed by atoms with Gasteiger partial charge in [-0.25, -0.2) is 0 Å². The number of unbranched alkanes of at least 4 members (excludes halogenated alkanes) is 9. The van der Waals surface area contributed by atoms with E-state index in [1.54, 1.807) is 6.20 Å². The monoisotopic (exact) mass is 412 g/mol. The third-order valence-corrected chi connectivity index (χ3v) is 4.64. The Hall–Kier alpha value is -0.740. The van der Waals surface area contributed by atoms with Crippen molar-refractivity contribution in [2.45, 2.75) is 71.1 Å². The van der Waals surface area contributed by atoms with Crippen molar-refractivity contribution in [1.29, 1.82) is 0 Å². The number of halogens is 1. The lowest BCUT2D eigenvalue weighted by molar-refractivity contribution is -0.882. The predicted octanol–water partition coefficient (Wildman–Crippen LogP) is 2.27. The summed E-state index contributed by atoms with van der Waals surface area (Å²) in [5.74, 6) is 0.146. The first-order chi connectivity index (χ1) is 11.5. The molecular formula is C21H37BrN2O. The largest absolute Gasteiger partial charge is 1.00 e. The van der Waals surface area contributed by atoms with Gasteiger partial charge in [-0.15, -0.1) is 0 Å². The van der Waals surface area contributed by atoms with Gasteiger partial charge in [0.25, 0.3) is 0 Å². The van der Waals surface area contributed by atoms with Crippen LogP contribution in [0, 0.1) is 0 Å². The number of pyridine rings is 1. The number of hydrogen-bond acceptors (Lipinski definition) is 2. The lowest BCUT2D eigenvalue weighted by Gasteiger charge is -2.28. The summed E-state index contributed by atoms with van der Waals surface area (Å²) in [6.45, 7) is 3.87. The summed E-state index contributed by atoms with van der Waals surface area (Å²) in [5.41, 5.74) is 0.590. The van der Waals surface area contributed by atoms with Gasteiger partial charge in [0, 0.05) is 6.20 Å². The summed E-state index contributed by atoms with van der Waals surface area (Å²) < 4.78 is 0.756. The molecule has 1 aromatic heterocycles. The predicted molar refractivity (Wildman–Crippen MR) is 102 cm³/mol. The molecule has 3 nitrogen and oxygen atoms in total. The van der Waals surface area contributed by atoms with Crippen LogP contribution in [0.1, 0.15) is 81.6 Å². The van der Waals surface area contributed by atoms with Crippen LogP contribution in [0.15, 0.2) is 24.4 Å². The van der Waals surface area contributed by atoms with Gasteiger partial charge in [0.2, 0.25) is 5.78 Å². The number of likely N-dealkylation sites (N-methyl/N-ethyl adjacent to an activating group) is 1. The van der Waals surface area contributed by atoms with Crippen molar-refractivity contribution in [3.05, 3.63) is 30.1 Å². The number of hydrogen-bond donors (Lipinski definition) is 0. The Bertz CT molecular complexity index is 448. The Morgan fingerprint density at radius 2 is 1.48 bits per heavy atom. The van der Waals surface area contributed by atoms with Crippen LogP contribution in [0.25, 0.3) is 0 Å². The van der Waals surface area contributed by atoms with Crippen molar-refractivity contribution < 1.29 is 26.3 Å². The van der Waals surface area contributed by atoms with E-state index in [9.17, 15) is 4.79 Å². The minimum Gasteiger partial charge on any atom is -1.00 e. The van der Waals surface area contributed by atoms with Crippen LogP contribution < -0.4 is 17.0 Å². The first-order valence-electron chi connectivity index (χ1n) is 9.81. The quantitative estimate of drug-likeness (QED) is 0.266. The third kappa shape index (κ3) is 12.3. The maximum absolute atomic E-state index is 12.3. The summed E-state index contributed by atoms with van der Waals surface area (Å²) in [5, 5.41) is 0. The SMILES string of the molecule is CCCCCCCCCCCC[N+](C)(C)CC(=O)c1ccccn1.[Br-]. The standard InChI is InChI=1S/C21H37N2O.BrH/c1-4-5-6-7-8-9-10-11-12-15-18-23(2,3)19-21(24)20-16-13-14-17-22-20;/h13-14,16-17H,4-12,15,18-19H2,1-3H3;1H/q+1;/p-1. The number of carbonyl (C=O) groups excluding carboxylic acids is 1. The van der Waals surface area contributed by atoms with Gasteiger partial charge in [-0.3, -0.25) is 9.78 Å². The zero-order valence-corrected chi connectivity index (χ0v) is 18.1. The van der Waals surface area contributed by atoms with E-state index in [4.69, 9.17) is 0 Å². The summed E-state index contributed by atoms with van der Waals surface area (Å²) >= 11 is 0. The van der Waals surface area contributed by atoms with Crippen molar-refractivity contribution in [2.75, 3.05) is 27.2 Å². The van der Waals surface area contributed by atoms with E-state index in [1.165, 1.54) is 64.2 Å². The maximum Gasteiger partial charge on any atom is 0.235 e. The van der Waals surface area contributed by atoms with Crippen LogP contribution in [-0.4, -0.2) is 42.4 Å². The van der Waals surface area contributed by atoms with Crippen molar-refractivity contribution in [3.8, 4) is 0 Å². The molecule has 0 atom stereocenters. The molecule has 0 fully saturated rings. The molecule has 0 N–H and O–H groups in total. The number of quaternary nitrogens is 1. The average molecular weight is 413 g/mol. The molecule has 4 heteroatoms. The normalized spacial score (nSPS) is 11.2. The molecule has 144 valence electrons. The molecule has 0 bridgehead atoms. The van der Waals surface area contributed by atoms with Crippen LogP contribution in [0.5, 0.6) is 0 Å². The van der Waals surface area contributed by atoms with Gasteiger partial charge in [0.1, 0.15) is 12.2 Å². The van der Waals surface area contributed by atoms with Crippen LogP contribution >= 0.6 is 0 Å². The number of carbonyl (C=O) groups is 1. The number of rotatable bonds is 14. The Morgan fingerprint density at radius 3 is 2.00 bits per heavy atom. The number of nitrogens with zero attached hydrogens (tertiary/aromatic N) is 2. The summed E-state index contributed by atoms with van der Waals surface area (Å²) in [7, 11) is 4.29. The first kappa shape index (κ1) is 24.3. The molecule has 0 saturated carbocycles. The molecule has 0 aliphatic heterocycles. The molecule has 0 aliphatic carbocycles. The fourth-order valence-corrected chi connectivity index (χ4v) is 3.10. The Labute approximate surface area is 165 Å². The van der Waals surface area contributed by atoms with Gasteiger partial charge >= 0.3 is 0 Å². The van der Waals surface area contributed by atoms with E-state index in [1.807, 2.05) is 18.2 Å². The van der Waals surface area contributed by atoms with Gasteiger partial charge in [-0.1, -0.05) is 64.4 Å². The van der Waals surface area contributed by atoms with Crippen LogP contribution in [0.2, 0.25) is 0 Å². The van der Waals surface area contributed by atoms with Gasteiger partial charge in [0.15, 0.2) is 0 Å². The Kier molecular flexibility index (Phi) is 14.0. The zero-order chi connectivity index (χ0) is 17.7. The molecule has 0 saturated heterocycles. The summed E-state index contributed by atoms with van der Waals surface area (Å²) in [6.07, 6.45) is 15.2. The van der Waals surface area contributed by atoms with Gasteiger partial charge in [-0.05, 0) is 25.0 Å². The molecule has 25 heavy (non-hydrogen) atoms. The summed E-state index contributed by atoms with van der Waals surface area (Å²) in [6, 6.07) is 5.53. The summed E-state index contributed by atoms with van der Waals surface area (Å²) in [4.78, 5) is 16.4. The second kappa shape index (κ2) is 14.4. The minimum atomic E-state index is 0. The molecule has 1 heterocycles. The molecule has 1 rings (SSSR count). The van der Waals surface area contributed by atoms with E-state index in [-0.39, 0.29) is 22.8 Å². The van der Waals surface area contributed by atoms with Crippen molar-refractivity contribution in [3.63, 3.8) is 0 Å². The van der Waals surface area contributed by atoms with Crippen molar-refractivity contribution in [1.82, 2.24) is 4.98 Å². The zero-order valence-electron chi connectivity index (χ0n) is 16.5. The highest BCUT2D eigenvalue weighted by Crippen LogP contribution is 2.12. The molecule has 0 unspecified atom stereocenters. The highest BCUT2D eigenvalue weighted by Gasteiger charge is 2.21. The lowest BCUT2D eigenvalue weighted by Crippen LogP contribution is -3.00. The van der Waals surface area contributed by atoms with Crippen molar-refractivity contribution in [2.24, 2.45) is 0 Å². The smallest absolute Gasteiger partial charge is 0.235 e. The fourth-order valence-electron chi connectivity index (χ4n) is 3.10. The van der Waals surface area contributed by atoms with E-state index in [0.717, 1.165) is 11.0 Å². The minimum absolute atomic E-state index is 0. The highest BCUT2D eigenvalue weighted by atomic mass is 79.9. The highest BCUT2D eigenvalue weighted by molar-refractivity contribution is 5.95. The Morgan fingerprint density at radius 1 is 0.920 bits per heavy atom. The van der Waals surface area contributed by atoms with Crippen LogP contribution in [0.4, 0.5) is 0 Å². The fraction of sp³-hybridized carbons (Fsp3) is 0.714. The first-order valence-corrected chi connectivity index (χ1v) is 9.81. The Balaban J connectivity index is 0.00000576. The number of aromatic nitrogens is 1.